The topological polar surface area (TPSA) is 49.8 Å². The molecule has 1 N–H and O–H groups in total. The Morgan fingerprint density at radius 3 is 2.24 bits per heavy atom. The van der Waals surface area contributed by atoms with E-state index in [4.69, 9.17) is 4.74 Å². The summed E-state index contributed by atoms with van der Waals surface area (Å²) >= 11 is 0. The van der Waals surface area contributed by atoms with Gasteiger partial charge in [-0.1, -0.05) is 48.5 Å². The molecule has 2 aliphatic carbocycles. The van der Waals surface area contributed by atoms with Crippen molar-refractivity contribution in [1.82, 2.24) is 4.90 Å². The highest BCUT2D eigenvalue weighted by atomic mass is 16.6. The molecule has 4 heteroatoms. The Bertz CT molecular complexity index is 743. The number of nitrogens with zero attached hydrogens (tertiary/aromatic N) is 1. The minimum Gasteiger partial charge on any atom is -0.448 e. The Kier molecular flexibility index (Phi) is 4.22. The molecule has 4 nitrogen and oxygen atoms in total. The van der Waals surface area contributed by atoms with Crippen LogP contribution >= 0.6 is 0 Å². The van der Waals surface area contributed by atoms with E-state index in [0.717, 1.165) is 19.3 Å². The number of rotatable bonds is 3. The summed E-state index contributed by atoms with van der Waals surface area (Å²) in [5.74, 6) is 0.0678. The Hall–Kier alpha value is -2.33. The van der Waals surface area contributed by atoms with E-state index in [1.807, 2.05) is 24.3 Å². The Morgan fingerprint density at radius 1 is 1.08 bits per heavy atom. The first-order chi connectivity index (χ1) is 12.2. The summed E-state index contributed by atoms with van der Waals surface area (Å²) in [6.45, 7) is 0.319. The smallest absolute Gasteiger partial charge is 0.409 e. The van der Waals surface area contributed by atoms with Crippen LogP contribution in [0.4, 0.5) is 4.79 Å². The van der Waals surface area contributed by atoms with Gasteiger partial charge in [-0.25, -0.2) is 4.79 Å². The average Bonchev–Trinajstić information content (AvgIpc) is 3.20. The lowest BCUT2D eigenvalue weighted by Crippen LogP contribution is -2.42. The maximum atomic E-state index is 12.4. The van der Waals surface area contributed by atoms with Crippen molar-refractivity contribution in [2.45, 2.75) is 37.3 Å². The third kappa shape index (κ3) is 2.81. The van der Waals surface area contributed by atoms with Crippen molar-refractivity contribution in [2.24, 2.45) is 0 Å². The van der Waals surface area contributed by atoms with Gasteiger partial charge in [0, 0.05) is 13.0 Å². The van der Waals surface area contributed by atoms with Crippen LogP contribution in [0, 0.1) is 0 Å². The highest BCUT2D eigenvalue weighted by molar-refractivity contribution is 5.79. The van der Waals surface area contributed by atoms with Gasteiger partial charge in [0.15, 0.2) is 0 Å². The molecule has 25 heavy (non-hydrogen) atoms. The van der Waals surface area contributed by atoms with Crippen molar-refractivity contribution in [3.05, 3.63) is 59.7 Å². The average molecular weight is 337 g/mol. The Labute approximate surface area is 148 Å². The summed E-state index contributed by atoms with van der Waals surface area (Å²) < 4.78 is 5.64. The van der Waals surface area contributed by atoms with Crippen molar-refractivity contribution >= 4 is 6.09 Å². The van der Waals surface area contributed by atoms with Crippen LogP contribution < -0.4 is 0 Å². The van der Waals surface area contributed by atoms with Crippen molar-refractivity contribution < 1.29 is 14.6 Å². The summed E-state index contributed by atoms with van der Waals surface area (Å²) in [4.78, 5) is 14.0. The monoisotopic (exact) mass is 337 g/mol. The summed E-state index contributed by atoms with van der Waals surface area (Å²) in [6, 6.07) is 16.5. The molecule has 2 aliphatic rings. The SMILES string of the molecule is CN(C(=O)OCC1c2ccccc2-c2ccccc21)[C@@H]1CCC[C@H]1O. The summed E-state index contributed by atoms with van der Waals surface area (Å²) in [5, 5.41) is 10.00. The van der Waals surface area contributed by atoms with Gasteiger partial charge in [0.2, 0.25) is 0 Å². The molecule has 0 aliphatic heterocycles. The lowest BCUT2D eigenvalue weighted by Gasteiger charge is -2.27. The molecule has 1 saturated carbocycles. The molecule has 0 aromatic heterocycles. The first kappa shape index (κ1) is 16.2. The standard InChI is InChI=1S/C21H23NO3/c1-22(19-11-6-12-20(19)23)21(24)25-13-18-16-9-4-2-7-14(16)15-8-3-5-10-17(15)18/h2-5,7-10,18-20,23H,6,11-13H2,1H3/t19-,20-/m1/s1. The van der Waals surface area contributed by atoms with Gasteiger partial charge in [0.05, 0.1) is 12.1 Å². The zero-order valence-electron chi connectivity index (χ0n) is 14.4. The fourth-order valence-electron chi connectivity index (χ4n) is 4.20. The number of carbonyl (C=O) groups excluding carboxylic acids is 1. The molecule has 2 aromatic rings. The molecule has 0 spiro atoms. The van der Waals surface area contributed by atoms with Crippen LogP contribution in [0.15, 0.2) is 48.5 Å². The first-order valence-electron chi connectivity index (χ1n) is 8.92. The van der Waals surface area contributed by atoms with Crippen LogP contribution in [0.2, 0.25) is 0 Å². The van der Waals surface area contributed by atoms with E-state index in [9.17, 15) is 9.90 Å². The second-order valence-electron chi connectivity index (χ2n) is 6.98. The van der Waals surface area contributed by atoms with E-state index in [-0.39, 0.29) is 18.1 Å². The van der Waals surface area contributed by atoms with Crippen LogP contribution in [0.3, 0.4) is 0 Å². The lowest BCUT2D eigenvalue weighted by atomic mass is 9.98. The molecule has 0 unspecified atom stereocenters. The van der Waals surface area contributed by atoms with E-state index in [2.05, 4.69) is 24.3 Å². The minimum atomic E-state index is -0.439. The quantitative estimate of drug-likeness (QED) is 0.927. The van der Waals surface area contributed by atoms with Crippen molar-refractivity contribution in [1.29, 1.82) is 0 Å². The van der Waals surface area contributed by atoms with Gasteiger partial charge in [-0.15, -0.1) is 0 Å². The van der Waals surface area contributed by atoms with Crippen LogP contribution in [-0.4, -0.2) is 41.9 Å². The molecule has 1 fully saturated rings. The molecule has 0 bridgehead atoms. The second-order valence-corrected chi connectivity index (χ2v) is 6.98. The van der Waals surface area contributed by atoms with Gasteiger partial charge < -0.3 is 14.7 Å². The van der Waals surface area contributed by atoms with E-state index < -0.39 is 6.10 Å². The third-order valence-electron chi connectivity index (χ3n) is 5.57. The maximum Gasteiger partial charge on any atom is 0.409 e. The highest BCUT2D eigenvalue weighted by Crippen LogP contribution is 2.44. The van der Waals surface area contributed by atoms with Crippen molar-refractivity contribution in [2.75, 3.05) is 13.7 Å². The Balaban J connectivity index is 1.50. The molecule has 2 atom stereocenters. The number of hydrogen-bond acceptors (Lipinski definition) is 3. The number of benzene rings is 2. The van der Waals surface area contributed by atoms with Crippen molar-refractivity contribution in [3.63, 3.8) is 0 Å². The van der Waals surface area contributed by atoms with Gasteiger partial charge in [-0.05, 0) is 41.5 Å². The molecular weight excluding hydrogens is 314 g/mol. The zero-order valence-corrected chi connectivity index (χ0v) is 14.4. The fourth-order valence-corrected chi connectivity index (χ4v) is 4.20. The number of hydrogen-bond donors (Lipinski definition) is 1. The highest BCUT2D eigenvalue weighted by Gasteiger charge is 2.33. The minimum absolute atomic E-state index is 0.0678. The normalized spacial score (nSPS) is 21.7. The summed E-state index contributed by atoms with van der Waals surface area (Å²) in [7, 11) is 1.72. The lowest BCUT2D eigenvalue weighted by molar-refractivity contribution is 0.0575. The van der Waals surface area contributed by atoms with Gasteiger partial charge in [-0.3, -0.25) is 0 Å². The molecular formula is C21H23NO3. The van der Waals surface area contributed by atoms with E-state index in [1.54, 1.807) is 11.9 Å². The molecule has 1 amide bonds. The number of likely N-dealkylation sites (N-methyl/N-ethyl adjacent to an activating group) is 1. The number of aliphatic hydroxyl groups excluding tert-OH is 1. The first-order valence-corrected chi connectivity index (χ1v) is 8.92. The zero-order chi connectivity index (χ0) is 17.4. The van der Waals surface area contributed by atoms with Gasteiger partial charge in [-0.2, -0.15) is 0 Å². The molecule has 130 valence electrons. The van der Waals surface area contributed by atoms with E-state index in [0.29, 0.717) is 6.61 Å². The molecule has 0 radical (unpaired) electrons. The maximum absolute atomic E-state index is 12.4. The van der Waals surface area contributed by atoms with Gasteiger partial charge >= 0.3 is 6.09 Å². The predicted octanol–water partition coefficient (Wildman–Crippen LogP) is 3.78. The summed E-state index contributed by atoms with van der Waals surface area (Å²) in [6.07, 6.45) is 1.75. The largest absolute Gasteiger partial charge is 0.448 e. The predicted molar refractivity (Wildman–Crippen MR) is 96.5 cm³/mol. The molecule has 0 heterocycles. The number of aliphatic hydroxyl groups is 1. The van der Waals surface area contributed by atoms with Gasteiger partial charge in [0.1, 0.15) is 6.61 Å². The molecule has 0 saturated heterocycles. The number of fused-ring (bicyclic) bond motifs is 3. The van der Waals surface area contributed by atoms with E-state index in [1.165, 1.54) is 22.3 Å². The number of amides is 1. The fraction of sp³-hybridized carbons (Fsp3) is 0.381. The number of carbonyl (C=O) groups is 1. The summed E-state index contributed by atoms with van der Waals surface area (Å²) in [5.41, 5.74) is 4.86. The Morgan fingerprint density at radius 2 is 1.68 bits per heavy atom. The third-order valence-corrected chi connectivity index (χ3v) is 5.57. The van der Waals surface area contributed by atoms with Crippen molar-refractivity contribution in [3.8, 4) is 11.1 Å². The van der Waals surface area contributed by atoms with Crippen LogP contribution in [0.1, 0.15) is 36.3 Å². The van der Waals surface area contributed by atoms with E-state index >= 15 is 0 Å². The van der Waals surface area contributed by atoms with Crippen LogP contribution in [-0.2, 0) is 4.74 Å². The van der Waals surface area contributed by atoms with Crippen LogP contribution in [0.5, 0.6) is 0 Å². The van der Waals surface area contributed by atoms with Crippen LogP contribution in [0.25, 0.3) is 11.1 Å². The molecule has 2 aromatic carbocycles. The number of ether oxygens (including phenoxy) is 1. The second kappa shape index (κ2) is 6.52. The molecule has 4 rings (SSSR count). The van der Waals surface area contributed by atoms with Gasteiger partial charge in [0.25, 0.3) is 0 Å².